The predicted octanol–water partition coefficient (Wildman–Crippen LogP) is 1.44. The first-order valence-corrected chi connectivity index (χ1v) is 4.59. The van der Waals surface area contributed by atoms with Crippen molar-refractivity contribution in [2.75, 3.05) is 0 Å². The monoisotopic (exact) mass is 234 g/mol. The summed E-state index contributed by atoms with van der Waals surface area (Å²) in [7, 11) is 0. The summed E-state index contributed by atoms with van der Waals surface area (Å²) in [4.78, 5) is 11.8. The van der Waals surface area contributed by atoms with Crippen LogP contribution in [-0.2, 0) is 0 Å². The van der Waals surface area contributed by atoms with Gasteiger partial charge in [0.25, 0.3) is 0 Å². The normalized spacial score (nSPS) is 13.0. The average molecular weight is 235 g/mol. The van der Waals surface area contributed by atoms with E-state index in [0.29, 0.717) is 4.88 Å². The van der Waals surface area contributed by atoms with Crippen molar-refractivity contribution in [1.82, 2.24) is 4.37 Å². The number of hydrogen-bond donors (Lipinski definition) is 1. The van der Waals surface area contributed by atoms with Crippen LogP contribution in [-0.4, -0.2) is 16.2 Å². The van der Waals surface area contributed by atoms with Gasteiger partial charge >= 0.3 is 0 Å². The molecule has 1 atom stereocenters. The summed E-state index contributed by atoms with van der Waals surface area (Å²) in [5.74, 6) is -0.0700. The lowest BCUT2D eigenvalue weighted by Gasteiger charge is -1.99. The fourth-order valence-electron chi connectivity index (χ4n) is 0.597. The van der Waals surface area contributed by atoms with Gasteiger partial charge in [-0.15, -0.1) is 0 Å². The predicted molar refractivity (Wildman–Crippen MR) is 47.8 cm³/mol. The minimum Gasteiger partial charge on any atom is -0.321 e. The number of carbonyl (C=O) groups excluding carboxylic acids is 1. The summed E-state index contributed by atoms with van der Waals surface area (Å²) in [6.07, 6.45) is 1.60. The summed E-state index contributed by atoms with van der Waals surface area (Å²) in [5, 5.41) is 0. The number of halogens is 1. The second kappa shape index (κ2) is 3.42. The summed E-state index contributed by atoms with van der Waals surface area (Å²) in [5.41, 5.74) is 5.40. The third kappa shape index (κ3) is 1.85. The maximum absolute atomic E-state index is 11.2. The van der Waals surface area contributed by atoms with Crippen LogP contribution in [0.15, 0.2) is 10.7 Å². The number of aromatic nitrogens is 1. The first kappa shape index (κ1) is 8.83. The minimum absolute atomic E-state index is 0.0700. The molecule has 5 heteroatoms. The van der Waals surface area contributed by atoms with Gasteiger partial charge in [-0.05, 0) is 34.4 Å². The van der Waals surface area contributed by atoms with E-state index >= 15 is 0 Å². The van der Waals surface area contributed by atoms with Crippen molar-refractivity contribution in [1.29, 1.82) is 0 Å². The molecule has 1 rings (SSSR count). The molecule has 2 N–H and O–H groups in total. The molecule has 0 aliphatic heterocycles. The second-order valence-electron chi connectivity index (χ2n) is 2.16. The van der Waals surface area contributed by atoms with E-state index in [0.717, 1.165) is 16.0 Å². The van der Waals surface area contributed by atoms with E-state index in [9.17, 15) is 4.79 Å². The average Bonchev–Trinajstić information content (AvgIpc) is 2.33. The number of Topliss-reactive ketones (excluding diaryl/α,β-unsaturated/α-hetero) is 1. The molecule has 0 aliphatic rings. The molecule has 0 aromatic carbocycles. The summed E-state index contributed by atoms with van der Waals surface area (Å²) in [6, 6.07) is -0.452. The molecule has 1 aromatic rings. The third-order valence-electron chi connectivity index (χ3n) is 1.16. The van der Waals surface area contributed by atoms with E-state index in [1.54, 1.807) is 13.1 Å². The molecule has 11 heavy (non-hydrogen) atoms. The van der Waals surface area contributed by atoms with Crippen molar-refractivity contribution in [3.63, 3.8) is 0 Å². The minimum atomic E-state index is -0.452. The van der Waals surface area contributed by atoms with Crippen LogP contribution in [0.4, 0.5) is 0 Å². The van der Waals surface area contributed by atoms with E-state index in [2.05, 4.69) is 20.3 Å². The highest BCUT2D eigenvalue weighted by molar-refractivity contribution is 9.10. The van der Waals surface area contributed by atoms with Crippen LogP contribution in [0.25, 0.3) is 0 Å². The zero-order valence-electron chi connectivity index (χ0n) is 5.87. The smallest absolute Gasteiger partial charge is 0.191 e. The summed E-state index contributed by atoms with van der Waals surface area (Å²) in [6.45, 7) is 1.66. The van der Waals surface area contributed by atoms with Gasteiger partial charge in [-0.3, -0.25) is 4.79 Å². The van der Waals surface area contributed by atoms with Crippen molar-refractivity contribution in [3.8, 4) is 0 Å². The Morgan fingerprint density at radius 3 is 2.91 bits per heavy atom. The Labute approximate surface area is 76.9 Å². The molecule has 60 valence electrons. The van der Waals surface area contributed by atoms with E-state index < -0.39 is 6.04 Å². The molecule has 0 saturated heterocycles. The molecule has 0 amide bonds. The van der Waals surface area contributed by atoms with E-state index in [1.165, 1.54) is 0 Å². The molecule has 0 spiro atoms. The first-order valence-electron chi connectivity index (χ1n) is 3.03. The fraction of sp³-hybridized carbons (Fsp3) is 0.333. The van der Waals surface area contributed by atoms with E-state index in [-0.39, 0.29) is 5.78 Å². The molecular weight excluding hydrogens is 228 g/mol. The van der Waals surface area contributed by atoms with Crippen LogP contribution in [0, 0.1) is 0 Å². The Bertz CT molecular complexity index is 271. The van der Waals surface area contributed by atoms with Gasteiger partial charge in [0.05, 0.1) is 16.7 Å². The zero-order valence-corrected chi connectivity index (χ0v) is 8.28. The van der Waals surface area contributed by atoms with Gasteiger partial charge in [0.2, 0.25) is 0 Å². The lowest BCUT2D eigenvalue weighted by Crippen LogP contribution is -2.26. The van der Waals surface area contributed by atoms with Gasteiger partial charge in [-0.1, -0.05) is 0 Å². The van der Waals surface area contributed by atoms with Gasteiger partial charge in [-0.2, -0.15) is 4.37 Å². The van der Waals surface area contributed by atoms with Crippen LogP contribution in [0.3, 0.4) is 0 Å². The number of rotatable bonds is 2. The van der Waals surface area contributed by atoms with Crippen molar-refractivity contribution >= 4 is 33.2 Å². The maximum Gasteiger partial charge on any atom is 0.191 e. The standard InChI is InChI=1S/C6H7BrN2OS/c1-3(8)5(10)6-4(7)2-9-11-6/h2-3H,8H2,1H3/t3-/m1/s1. The maximum atomic E-state index is 11.2. The summed E-state index contributed by atoms with van der Waals surface area (Å²) < 4.78 is 4.57. The second-order valence-corrected chi connectivity index (χ2v) is 3.81. The molecule has 0 radical (unpaired) electrons. The Kier molecular flexibility index (Phi) is 2.75. The first-order chi connectivity index (χ1) is 5.13. The Hall–Kier alpha value is -0.260. The highest BCUT2D eigenvalue weighted by Crippen LogP contribution is 2.20. The topological polar surface area (TPSA) is 56.0 Å². The van der Waals surface area contributed by atoms with Crippen molar-refractivity contribution in [3.05, 3.63) is 15.5 Å². The third-order valence-corrected chi connectivity index (χ3v) is 2.84. The van der Waals surface area contributed by atoms with Gasteiger partial charge < -0.3 is 5.73 Å². The van der Waals surface area contributed by atoms with Crippen LogP contribution >= 0.6 is 27.5 Å². The highest BCUT2D eigenvalue weighted by atomic mass is 79.9. The van der Waals surface area contributed by atoms with Gasteiger partial charge in [0.15, 0.2) is 5.78 Å². The SMILES string of the molecule is C[C@@H](N)C(=O)c1sncc1Br. The van der Waals surface area contributed by atoms with Crippen LogP contribution in [0.5, 0.6) is 0 Å². The molecule has 1 aromatic heterocycles. The number of nitrogens with zero attached hydrogens (tertiary/aromatic N) is 1. The fourth-order valence-corrected chi connectivity index (χ4v) is 1.93. The quantitative estimate of drug-likeness (QED) is 0.789. The van der Waals surface area contributed by atoms with Crippen LogP contribution < -0.4 is 5.73 Å². The molecule has 3 nitrogen and oxygen atoms in total. The van der Waals surface area contributed by atoms with Gasteiger partial charge in [-0.25, -0.2) is 0 Å². The number of carbonyl (C=O) groups is 1. The van der Waals surface area contributed by atoms with Crippen molar-refractivity contribution < 1.29 is 4.79 Å². The van der Waals surface area contributed by atoms with E-state index in [1.807, 2.05) is 0 Å². The Morgan fingerprint density at radius 1 is 1.91 bits per heavy atom. The summed E-state index contributed by atoms with van der Waals surface area (Å²) >= 11 is 4.37. The largest absolute Gasteiger partial charge is 0.321 e. The van der Waals surface area contributed by atoms with Gasteiger partial charge in [0, 0.05) is 0 Å². The molecule has 0 bridgehead atoms. The number of hydrogen-bond acceptors (Lipinski definition) is 4. The van der Waals surface area contributed by atoms with Crippen LogP contribution in [0.2, 0.25) is 0 Å². The van der Waals surface area contributed by atoms with Crippen molar-refractivity contribution in [2.24, 2.45) is 5.73 Å². The Balaban J connectivity index is 2.93. The Morgan fingerprint density at radius 2 is 2.55 bits per heavy atom. The molecule has 0 saturated carbocycles. The molecule has 0 fully saturated rings. The zero-order chi connectivity index (χ0) is 8.43. The number of nitrogens with two attached hydrogens (primary N) is 1. The van der Waals surface area contributed by atoms with Gasteiger partial charge in [0.1, 0.15) is 4.88 Å². The molecule has 0 unspecified atom stereocenters. The molecular formula is C6H7BrN2OS. The lowest BCUT2D eigenvalue weighted by atomic mass is 10.2. The number of ketones is 1. The lowest BCUT2D eigenvalue weighted by molar-refractivity contribution is 0.0971. The van der Waals surface area contributed by atoms with Crippen molar-refractivity contribution in [2.45, 2.75) is 13.0 Å². The van der Waals surface area contributed by atoms with Crippen LogP contribution in [0.1, 0.15) is 16.6 Å². The highest BCUT2D eigenvalue weighted by Gasteiger charge is 2.15. The molecule has 0 aliphatic carbocycles. The van der Waals surface area contributed by atoms with E-state index in [4.69, 9.17) is 5.73 Å². The molecule has 1 heterocycles.